The van der Waals surface area contributed by atoms with Gasteiger partial charge in [0, 0.05) is 3.57 Å². The predicted molar refractivity (Wildman–Crippen MR) is 84.4 cm³/mol. The van der Waals surface area contributed by atoms with Crippen molar-refractivity contribution in [3.8, 4) is 0 Å². The summed E-state index contributed by atoms with van der Waals surface area (Å²) in [4.78, 5) is 0. The van der Waals surface area contributed by atoms with Gasteiger partial charge in [0.15, 0.2) is 0 Å². The lowest BCUT2D eigenvalue weighted by atomic mass is 9.98. The molecule has 0 heterocycles. The summed E-state index contributed by atoms with van der Waals surface area (Å²) in [5.41, 5.74) is 3.60. The number of hydrogen-bond donors (Lipinski definition) is 2. The summed E-state index contributed by atoms with van der Waals surface area (Å²) in [6, 6.07) is 12.7. The molecule has 2 aromatic rings. The number of halogens is 4. The van der Waals surface area contributed by atoms with Gasteiger partial charge in [-0.05, 0) is 52.3 Å². The van der Waals surface area contributed by atoms with E-state index in [1.807, 2.05) is 24.3 Å². The number of benzene rings is 2. The fraction of sp³-hybridized carbons (Fsp3) is 0.200. The summed E-state index contributed by atoms with van der Waals surface area (Å²) in [7, 11) is 0. The molecule has 21 heavy (non-hydrogen) atoms. The molecule has 0 bridgehead atoms. The molecule has 0 fully saturated rings. The molecule has 0 aliphatic rings. The van der Waals surface area contributed by atoms with E-state index in [2.05, 4.69) is 28.0 Å². The molecule has 0 aliphatic heterocycles. The highest BCUT2D eigenvalue weighted by molar-refractivity contribution is 14.1. The second-order valence-corrected chi connectivity index (χ2v) is 5.81. The molecule has 3 N–H and O–H groups in total. The molecule has 0 saturated carbocycles. The third-order valence-electron chi connectivity index (χ3n) is 3.18. The van der Waals surface area contributed by atoms with Gasteiger partial charge in [0.1, 0.15) is 0 Å². The van der Waals surface area contributed by atoms with Crippen LogP contribution >= 0.6 is 22.6 Å². The Hall–Kier alpha value is -1.12. The molecule has 2 nitrogen and oxygen atoms in total. The van der Waals surface area contributed by atoms with Crippen molar-refractivity contribution in [1.82, 2.24) is 5.43 Å². The van der Waals surface area contributed by atoms with Gasteiger partial charge in [-0.15, -0.1) is 0 Å². The van der Waals surface area contributed by atoms with Crippen molar-refractivity contribution in [2.45, 2.75) is 18.6 Å². The van der Waals surface area contributed by atoms with Gasteiger partial charge >= 0.3 is 6.18 Å². The fourth-order valence-corrected chi connectivity index (χ4v) is 2.89. The molecular weight excluding hydrogens is 392 g/mol. The van der Waals surface area contributed by atoms with Gasteiger partial charge in [-0.25, -0.2) is 0 Å². The molecule has 0 aromatic heterocycles. The molecule has 2 rings (SSSR count). The number of nitrogens with one attached hydrogen (secondary N) is 1. The minimum Gasteiger partial charge on any atom is -0.271 e. The van der Waals surface area contributed by atoms with E-state index in [1.165, 1.54) is 12.1 Å². The van der Waals surface area contributed by atoms with Crippen LogP contribution in [0.3, 0.4) is 0 Å². The van der Waals surface area contributed by atoms with Crippen LogP contribution in [0.5, 0.6) is 0 Å². The highest BCUT2D eigenvalue weighted by atomic mass is 127. The van der Waals surface area contributed by atoms with Crippen LogP contribution < -0.4 is 11.3 Å². The lowest BCUT2D eigenvalue weighted by Crippen LogP contribution is -2.30. The van der Waals surface area contributed by atoms with Gasteiger partial charge in [-0.1, -0.05) is 36.4 Å². The number of hydrogen-bond acceptors (Lipinski definition) is 2. The topological polar surface area (TPSA) is 38.0 Å². The lowest BCUT2D eigenvalue weighted by molar-refractivity contribution is -0.137. The monoisotopic (exact) mass is 406 g/mol. The third kappa shape index (κ3) is 4.18. The van der Waals surface area contributed by atoms with Gasteiger partial charge < -0.3 is 0 Å². The van der Waals surface area contributed by atoms with E-state index in [4.69, 9.17) is 5.84 Å². The highest BCUT2D eigenvalue weighted by Crippen LogP contribution is 2.30. The Morgan fingerprint density at radius 2 is 1.81 bits per heavy atom. The molecule has 112 valence electrons. The van der Waals surface area contributed by atoms with Gasteiger partial charge in [0.05, 0.1) is 11.6 Å². The second kappa shape index (κ2) is 6.76. The molecule has 1 atom stereocenters. The second-order valence-electron chi connectivity index (χ2n) is 4.64. The lowest BCUT2D eigenvalue weighted by Gasteiger charge is -2.18. The maximum atomic E-state index is 12.7. The third-order valence-corrected chi connectivity index (χ3v) is 4.16. The molecule has 0 aliphatic carbocycles. The number of hydrazine groups is 1. The Kier molecular flexibility index (Phi) is 5.23. The molecule has 0 radical (unpaired) electrons. The number of nitrogens with two attached hydrogens (primary N) is 1. The van der Waals surface area contributed by atoms with Crippen molar-refractivity contribution < 1.29 is 13.2 Å². The molecular formula is C15H14F3IN2. The highest BCUT2D eigenvalue weighted by Gasteiger charge is 2.30. The van der Waals surface area contributed by atoms with Crippen LogP contribution in [0.4, 0.5) is 13.2 Å². The van der Waals surface area contributed by atoms with Crippen molar-refractivity contribution >= 4 is 22.6 Å². The average Bonchev–Trinajstić information content (AvgIpc) is 2.45. The maximum absolute atomic E-state index is 12.7. The van der Waals surface area contributed by atoms with E-state index in [9.17, 15) is 13.2 Å². The first kappa shape index (κ1) is 16.3. The van der Waals surface area contributed by atoms with Crippen LogP contribution in [-0.4, -0.2) is 0 Å². The standard InChI is InChI=1S/C15H14F3IN2/c16-15(17,18)11-5-3-4-10(8-11)9-14(21-20)12-6-1-2-7-13(12)19/h1-8,14,21H,9,20H2. The fourth-order valence-electron chi connectivity index (χ4n) is 2.13. The molecule has 0 saturated heterocycles. The summed E-state index contributed by atoms with van der Waals surface area (Å²) in [5.74, 6) is 5.57. The Morgan fingerprint density at radius 1 is 1.10 bits per heavy atom. The summed E-state index contributed by atoms with van der Waals surface area (Å²) in [6.07, 6.45) is -3.94. The van der Waals surface area contributed by atoms with Crippen LogP contribution in [0.25, 0.3) is 0 Å². The zero-order valence-corrected chi connectivity index (χ0v) is 13.1. The number of rotatable bonds is 4. The van der Waals surface area contributed by atoms with Crippen LogP contribution in [-0.2, 0) is 12.6 Å². The summed E-state index contributed by atoms with van der Waals surface area (Å²) in [6.45, 7) is 0. The Labute approximate surface area is 134 Å². The van der Waals surface area contributed by atoms with Crippen molar-refractivity contribution in [2.75, 3.05) is 0 Å². The quantitative estimate of drug-likeness (QED) is 0.457. The first-order chi connectivity index (χ1) is 9.91. The van der Waals surface area contributed by atoms with Gasteiger partial charge in [0.2, 0.25) is 0 Å². The Bertz CT molecular complexity index is 614. The van der Waals surface area contributed by atoms with Crippen molar-refractivity contribution in [1.29, 1.82) is 0 Å². The number of alkyl halides is 3. The van der Waals surface area contributed by atoms with Gasteiger partial charge in [0.25, 0.3) is 0 Å². The Morgan fingerprint density at radius 3 is 2.43 bits per heavy atom. The van der Waals surface area contributed by atoms with E-state index in [0.29, 0.717) is 12.0 Å². The van der Waals surface area contributed by atoms with Crippen LogP contribution in [0.15, 0.2) is 48.5 Å². The van der Waals surface area contributed by atoms with E-state index in [1.54, 1.807) is 6.07 Å². The first-order valence-corrected chi connectivity index (χ1v) is 7.36. The average molecular weight is 406 g/mol. The van der Waals surface area contributed by atoms with Crippen LogP contribution in [0, 0.1) is 3.57 Å². The normalized spacial score (nSPS) is 13.2. The van der Waals surface area contributed by atoms with Crippen molar-refractivity contribution in [3.63, 3.8) is 0 Å². The van der Waals surface area contributed by atoms with E-state index in [-0.39, 0.29) is 6.04 Å². The van der Waals surface area contributed by atoms with Crippen molar-refractivity contribution in [3.05, 3.63) is 68.8 Å². The molecule has 2 aromatic carbocycles. The van der Waals surface area contributed by atoms with Gasteiger partial charge in [-0.2, -0.15) is 13.2 Å². The zero-order valence-electron chi connectivity index (χ0n) is 11.0. The molecule has 0 spiro atoms. The molecule has 0 amide bonds. The zero-order chi connectivity index (χ0) is 15.5. The van der Waals surface area contributed by atoms with E-state index < -0.39 is 11.7 Å². The summed E-state index contributed by atoms with van der Waals surface area (Å²) < 4.78 is 39.2. The van der Waals surface area contributed by atoms with E-state index >= 15 is 0 Å². The van der Waals surface area contributed by atoms with E-state index in [0.717, 1.165) is 15.2 Å². The van der Waals surface area contributed by atoms with Crippen molar-refractivity contribution in [2.24, 2.45) is 5.84 Å². The SMILES string of the molecule is NNC(Cc1cccc(C(F)(F)F)c1)c1ccccc1I. The minimum absolute atomic E-state index is 0.235. The predicted octanol–water partition coefficient (Wildman–Crippen LogP) is 4.06. The maximum Gasteiger partial charge on any atom is 0.416 e. The Balaban J connectivity index is 2.26. The summed E-state index contributed by atoms with van der Waals surface area (Å²) >= 11 is 2.19. The first-order valence-electron chi connectivity index (χ1n) is 6.28. The minimum atomic E-state index is -4.33. The van der Waals surface area contributed by atoms with Gasteiger partial charge in [-0.3, -0.25) is 11.3 Å². The molecule has 1 unspecified atom stereocenters. The summed E-state index contributed by atoms with van der Waals surface area (Å²) in [5, 5.41) is 0. The van der Waals surface area contributed by atoms with Crippen LogP contribution in [0.2, 0.25) is 0 Å². The molecule has 6 heteroatoms. The largest absolute Gasteiger partial charge is 0.416 e. The van der Waals surface area contributed by atoms with Crippen LogP contribution in [0.1, 0.15) is 22.7 Å². The smallest absolute Gasteiger partial charge is 0.271 e.